The first-order valence-corrected chi connectivity index (χ1v) is 10.0. The van der Waals surface area contributed by atoms with E-state index in [0.717, 1.165) is 9.87 Å². The number of likely N-dealkylation sites (tertiary alicyclic amines) is 1. The third-order valence-electron chi connectivity index (χ3n) is 4.57. The maximum Gasteiger partial charge on any atom is 0.253 e. The third kappa shape index (κ3) is 4.15. The van der Waals surface area contributed by atoms with Gasteiger partial charge in [0.05, 0.1) is 18.9 Å². The SMILES string of the molecule is CN(C)S(=O)(=O)C[C@@H]1CN(C(=O)c2ccc(-c3nnn(C)n3)cc2)C[C@H]1O. The molecule has 0 unspecified atom stereocenters. The fraction of sp³-hybridized carbons (Fsp3) is 0.500. The van der Waals surface area contributed by atoms with E-state index in [1.165, 1.54) is 23.8 Å². The summed E-state index contributed by atoms with van der Waals surface area (Å²) in [7, 11) is 1.12. The number of aliphatic hydroxyl groups excluding tert-OH is 1. The maximum atomic E-state index is 12.7. The number of tetrazole rings is 1. The minimum absolute atomic E-state index is 0.111. The van der Waals surface area contributed by atoms with E-state index in [1.807, 2.05) is 0 Å². The molecule has 3 rings (SSSR count). The third-order valence-corrected chi connectivity index (χ3v) is 6.54. The average Bonchev–Trinajstić information content (AvgIpc) is 3.20. The summed E-state index contributed by atoms with van der Waals surface area (Å²) >= 11 is 0. The monoisotopic (exact) mass is 394 g/mol. The van der Waals surface area contributed by atoms with Crippen LogP contribution in [0.25, 0.3) is 11.4 Å². The molecule has 1 aliphatic heterocycles. The number of aryl methyl sites for hydroxylation is 1. The van der Waals surface area contributed by atoms with Crippen LogP contribution in [0, 0.1) is 5.92 Å². The molecule has 1 aromatic carbocycles. The van der Waals surface area contributed by atoms with Gasteiger partial charge >= 0.3 is 0 Å². The predicted octanol–water partition coefficient (Wildman–Crippen LogP) is -0.799. The molecular formula is C16H22N6O4S. The van der Waals surface area contributed by atoms with Crippen molar-refractivity contribution < 1.29 is 18.3 Å². The molecule has 2 aromatic rings. The molecule has 1 amide bonds. The maximum absolute atomic E-state index is 12.7. The summed E-state index contributed by atoms with van der Waals surface area (Å²) in [5, 5.41) is 22.0. The van der Waals surface area contributed by atoms with E-state index >= 15 is 0 Å². The normalized spacial score (nSPS) is 20.4. The number of hydrogen-bond acceptors (Lipinski definition) is 7. The lowest BCUT2D eigenvalue weighted by Gasteiger charge is -2.18. The molecule has 0 aliphatic carbocycles. The van der Waals surface area contributed by atoms with Crippen LogP contribution >= 0.6 is 0 Å². The van der Waals surface area contributed by atoms with Gasteiger partial charge in [-0.15, -0.1) is 10.2 Å². The van der Waals surface area contributed by atoms with Gasteiger partial charge in [0.2, 0.25) is 15.8 Å². The second kappa shape index (κ2) is 7.33. The highest BCUT2D eigenvalue weighted by molar-refractivity contribution is 7.89. The smallest absolute Gasteiger partial charge is 0.253 e. The first-order chi connectivity index (χ1) is 12.7. The number of aliphatic hydroxyl groups is 1. The zero-order valence-corrected chi connectivity index (χ0v) is 16.2. The van der Waals surface area contributed by atoms with Crippen LogP contribution in [0.15, 0.2) is 24.3 Å². The summed E-state index contributed by atoms with van der Waals surface area (Å²) in [4.78, 5) is 15.5. The van der Waals surface area contributed by atoms with E-state index in [2.05, 4.69) is 15.4 Å². The molecule has 0 saturated carbocycles. The van der Waals surface area contributed by atoms with Crippen LogP contribution in [0.1, 0.15) is 10.4 Å². The van der Waals surface area contributed by atoms with Crippen molar-refractivity contribution in [3.05, 3.63) is 29.8 Å². The molecule has 2 heterocycles. The van der Waals surface area contributed by atoms with Crippen molar-refractivity contribution in [3.8, 4) is 11.4 Å². The van der Waals surface area contributed by atoms with Gasteiger partial charge in [-0.25, -0.2) is 12.7 Å². The number of benzene rings is 1. The number of rotatable bonds is 5. The Morgan fingerprint density at radius 1 is 1.26 bits per heavy atom. The number of β-amino-alcohol motifs (C(OH)–C–C–N with tert-alkyl or cyclic N) is 1. The first kappa shape index (κ1) is 19.4. The van der Waals surface area contributed by atoms with Gasteiger partial charge in [0.15, 0.2) is 0 Å². The van der Waals surface area contributed by atoms with Crippen molar-refractivity contribution in [1.29, 1.82) is 0 Å². The molecular weight excluding hydrogens is 372 g/mol. The first-order valence-electron chi connectivity index (χ1n) is 8.39. The van der Waals surface area contributed by atoms with E-state index in [0.29, 0.717) is 11.4 Å². The van der Waals surface area contributed by atoms with E-state index in [4.69, 9.17) is 0 Å². The van der Waals surface area contributed by atoms with Gasteiger partial charge in [-0.05, 0) is 17.3 Å². The molecule has 0 radical (unpaired) electrons. The summed E-state index contributed by atoms with van der Waals surface area (Å²) in [6, 6.07) is 6.77. The lowest BCUT2D eigenvalue weighted by atomic mass is 10.1. The Balaban J connectivity index is 1.69. The van der Waals surface area contributed by atoms with Crippen LogP contribution in [0.5, 0.6) is 0 Å². The number of nitrogens with zero attached hydrogens (tertiary/aromatic N) is 6. The topological polar surface area (TPSA) is 122 Å². The second-order valence-electron chi connectivity index (χ2n) is 6.78. The highest BCUT2D eigenvalue weighted by Gasteiger charge is 2.37. The van der Waals surface area contributed by atoms with Crippen LogP contribution in [0.3, 0.4) is 0 Å². The molecule has 27 heavy (non-hydrogen) atoms. The van der Waals surface area contributed by atoms with Gasteiger partial charge in [0, 0.05) is 44.2 Å². The highest BCUT2D eigenvalue weighted by Crippen LogP contribution is 2.23. The number of hydrogen-bond donors (Lipinski definition) is 1. The number of sulfonamides is 1. The molecule has 146 valence electrons. The minimum Gasteiger partial charge on any atom is -0.391 e. The molecule has 0 spiro atoms. The van der Waals surface area contributed by atoms with Crippen molar-refractivity contribution in [2.75, 3.05) is 32.9 Å². The van der Waals surface area contributed by atoms with E-state index in [-0.39, 0.29) is 24.7 Å². The Bertz CT molecular complexity index is 925. The number of aromatic nitrogens is 4. The fourth-order valence-electron chi connectivity index (χ4n) is 2.95. The van der Waals surface area contributed by atoms with Crippen molar-refractivity contribution in [2.45, 2.75) is 6.10 Å². The van der Waals surface area contributed by atoms with Gasteiger partial charge in [0.1, 0.15) is 0 Å². The Morgan fingerprint density at radius 3 is 2.48 bits per heavy atom. The average molecular weight is 394 g/mol. The van der Waals surface area contributed by atoms with Crippen molar-refractivity contribution in [2.24, 2.45) is 13.0 Å². The number of carbonyl (C=O) groups excluding carboxylic acids is 1. The van der Waals surface area contributed by atoms with Gasteiger partial charge in [-0.3, -0.25) is 4.79 Å². The van der Waals surface area contributed by atoms with Gasteiger partial charge in [-0.2, -0.15) is 4.80 Å². The van der Waals surface area contributed by atoms with E-state index in [9.17, 15) is 18.3 Å². The summed E-state index contributed by atoms with van der Waals surface area (Å²) in [6.45, 7) is 0.306. The quantitative estimate of drug-likeness (QED) is 0.705. The van der Waals surface area contributed by atoms with Crippen LogP contribution in [-0.4, -0.2) is 87.9 Å². The largest absolute Gasteiger partial charge is 0.391 e. The van der Waals surface area contributed by atoms with Crippen molar-refractivity contribution in [1.82, 2.24) is 29.4 Å². The fourth-order valence-corrected chi connectivity index (χ4v) is 4.11. The molecule has 1 saturated heterocycles. The summed E-state index contributed by atoms with van der Waals surface area (Å²) < 4.78 is 25.2. The van der Waals surface area contributed by atoms with Gasteiger partial charge in [-0.1, -0.05) is 12.1 Å². The van der Waals surface area contributed by atoms with Gasteiger partial charge < -0.3 is 10.0 Å². The van der Waals surface area contributed by atoms with Gasteiger partial charge in [0.25, 0.3) is 5.91 Å². The predicted molar refractivity (Wildman–Crippen MR) is 97.1 cm³/mol. The molecule has 1 aliphatic rings. The molecule has 1 N–H and O–H groups in total. The van der Waals surface area contributed by atoms with Crippen LogP contribution in [-0.2, 0) is 17.1 Å². The molecule has 11 heteroatoms. The molecule has 1 fully saturated rings. The minimum atomic E-state index is -3.45. The zero-order chi connectivity index (χ0) is 19.8. The second-order valence-corrected chi connectivity index (χ2v) is 9.01. The Labute approximate surface area is 157 Å². The van der Waals surface area contributed by atoms with E-state index < -0.39 is 22.0 Å². The van der Waals surface area contributed by atoms with Crippen LogP contribution in [0.4, 0.5) is 0 Å². The lowest BCUT2D eigenvalue weighted by Crippen LogP contribution is -2.33. The standard InChI is InChI=1S/C16H22N6O4S/c1-20(2)27(25,26)10-13-8-22(9-14(13)23)16(24)12-6-4-11(5-7-12)15-17-19-21(3)18-15/h4-7,13-14,23H,8-10H2,1-3H3/t13-,14+/m0/s1. The summed E-state index contributed by atoms with van der Waals surface area (Å²) in [5.41, 5.74) is 1.18. The molecule has 10 nitrogen and oxygen atoms in total. The summed E-state index contributed by atoms with van der Waals surface area (Å²) in [5.74, 6) is -0.494. The Hall–Kier alpha value is -2.37. The van der Waals surface area contributed by atoms with Crippen molar-refractivity contribution >= 4 is 15.9 Å². The summed E-state index contributed by atoms with van der Waals surface area (Å²) in [6.07, 6.45) is -0.869. The number of carbonyl (C=O) groups is 1. The zero-order valence-electron chi connectivity index (χ0n) is 15.3. The molecule has 0 bridgehead atoms. The number of amides is 1. The van der Waals surface area contributed by atoms with Crippen molar-refractivity contribution in [3.63, 3.8) is 0 Å². The van der Waals surface area contributed by atoms with E-state index in [1.54, 1.807) is 31.3 Å². The highest BCUT2D eigenvalue weighted by atomic mass is 32.2. The lowest BCUT2D eigenvalue weighted by molar-refractivity contribution is 0.0764. The Kier molecular flexibility index (Phi) is 5.27. The molecule has 2 atom stereocenters. The Morgan fingerprint density at radius 2 is 1.93 bits per heavy atom. The molecule has 1 aromatic heterocycles. The van der Waals surface area contributed by atoms with Crippen LogP contribution in [0.2, 0.25) is 0 Å². The van der Waals surface area contributed by atoms with Crippen LogP contribution < -0.4 is 0 Å².